The highest BCUT2D eigenvalue weighted by Gasteiger charge is 2.11. The lowest BCUT2D eigenvalue weighted by atomic mass is 10.1. The Morgan fingerprint density at radius 1 is 1.16 bits per heavy atom. The van der Waals surface area contributed by atoms with E-state index in [1.54, 1.807) is 0 Å². The summed E-state index contributed by atoms with van der Waals surface area (Å²) >= 11 is 0. The van der Waals surface area contributed by atoms with Gasteiger partial charge in [-0.2, -0.15) is 0 Å². The van der Waals surface area contributed by atoms with Crippen LogP contribution in [-0.4, -0.2) is 17.8 Å². The predicted octanol–water partition coefficient (Wildman–Crippen LogP) is 3.75. The second kappa shape index (κ2) is 5.65. The molecule has 0 N–H and O–H groups in total. The number of nitrogens with zero attached hydrogens (tertiary/aromatic N) is 2. The quantitative estimate of drug-likeness (QED) is 0.779. The molecule has 19 heavy (non-hydrogen) atoms. The van der Waals surface area contributed by atoms with E-state index in [9.17, 15) is 4.79 Å². The fraction of sp³-hybridized carbons (Fsp3) is 0.250. The van der Waals surface area contributed by atoms with Crippen molar-refractivity contribution in [1.29, 1.82) is 0 Å². The van der Waals surface area contributed by atoms with E-state index < -0.39 is 0 Å². The van der Waals surface area contributed by atoms with E-state index in [0.717, 1.165) is 17.2 Å². The Labute approximate surface area is 113 Å². The van der Waals surface area contributed by atoms with Crippen molar-refractivity contribution in [2.24, 2.45) is 0 Å². The van der Waals surface area contributed by atoms with Crippen LogP contribution in [0, 0.1) is 6.92 Å². The van der Waals surface area contributed by atoms with Crippen LogP contribution < -0.4 is 4.90 Å². The summed E-state index contributed by atoms with van der Waals surface area (Å²) in [5.41, 5.74) is 2.57. The molecule has 1 heterocycles. The van der Waals surface area contributed by atoms with Crippen molar-refractivity contribution < 1.29 is 4.79 Å². The summed E-state index contributed by atoms with van der Waals surface area (Å²) in [6, 6.07) is 13.8. The highest BCUT2D eigenvalue weighted by molar-refractivity contribution is 5.97. The van der Waals surface area contributed by atoms with Crippen LogP contribution in [0.25, 0.3) is 0 Å². The Morgan fingerprint density at radius 2 is 1.84 bits per heavy atom. The summed E-state index contributed by atoms with van der Waals surface area (Å²) in [6.45, 7) is 3.75. The lowest BCUT2D eigenvalue weighted by Gasteiger charge is -2.19. The molecule has 3 heteroatoms. The number of rotatable bonds is 4. The molecule has 2 aromatic rings. The van der Waals surface area contributed by atoms with Crippen LogP contribution in [0.2, 0.25) is 0 Å². The number of hydrogen-bond acceptors (Lipinski definition) is 3. The van der Waals surface area contributed by atoms with Crippen molar-refractivity contribution in [3.05, 3.63) is 53.7 Å². The molecule has 0 amide bonds. The van der Waals surface area contributed by atoms with Gasteiger partial charge in [-0.05, 0) is 31.2 Å². The van der Waals surface area contributed by atoms with Crippen molar-refractivity contribution in [2.45, 2.75) is 20.3 Å². The maximum absolute atomic E-state index is 11.7. The van der Waals surface area contributed by atoms with E-state index >= 15 is 0 Å². The normalized spacial score (nSPS) is 10.3. The topological polar surface area (TPSA) is 33.2 Å². The molecule has 98 valence electrons. The van der Waals surface area contributed by atoms with E-state index in [-0.39, 0.29) is 5.78 Å². The number of pyridine rings is 1. The number of ketones is 1. The molecule has 2 rings (SSSR count). The van der Waals surface area contributed by atoms with Gasteiger partial charge in [-0.1, -0.05) is 25.1 Å². The monoisotopic (exact) mass is 254 g/mol. The van der Waals surface area contributed by atoms with Crippen LogP contribution in [0.15, 0.2) is 42.5 Å². The molecule has 1 aromatic carbocycles. The molecule has 0 spiro atoms. The fourth-order valence-corrected chi connectivity index (χ4v) is 2.00. The van der Waals surface area contributed by atoms with Crippen molar-refractivity contribution >= 4 is 17.3 Å². The predicted molar refractivity (Wildman–Crippen MR) is 78.1 cm³/mol. The molecular formula is C16H18N2O. The maximum Gasteiger partial charge on any atom is 0.164 e. The van der Waals surface area contributed by atoms with Gasteiger partial charge in [-0.15, -0.1) is 0 Å². The summed E-state index contributed by atoms with van der Waals surface area (Å²) in [6.07, 6.45) is 0.510. The van der Waals surface area contributed by atoms with Crippen LogP contribution in [0.4, 0.5) is 11.5 Å². The van der Waals surface area contributed by atoms with E-state index in [1.165, 1.54) is 0 Å². The van der Waals surface area contributed by atoms with Gasteiger partial charge in [0.1, 0.15) is 5.82 Å². The number of aromatic nitrogens is 1. The molecule has 0 atom stereocenters. The third-order valence-corrected chi connectivity index (χ3v) is 3.18. The lowest BCUT2D eigenvalue weighted by Crippen LogP contribution is -2.13. The summed E-state index contributed by atoms with van der Waals surface area (Å²) < 4.78 is 0. The minimum Gasteiger partial charge on any atom is -0.329 e. The average molecular weight is 254 g/mol. The Kier molecular flexibility index (Phi) is 3.95. The zero-order valence-electron chi connectivity index (χ0n) is 11.6. The molecule has 1 aromatic heterocycles. The van der Waals surface area contributed by atoms with E-state index in [0.29, 0.717) is 12.0 Å². The molecule has 0 saturated carbocycles. The molecule has 0 aliphatic heterocycles. The SMILES string of the molecule is CCC(=O)c1ccc(N(C)c2ccccc2)nc1C. The van der Waals surface area contributed by atoms with Gasteiger partial charge in [0.25, 0.3) is 0 Å². The average Bonchev–Trinajstić information content (AvgIpc) is 2.46. The van der Waals surface area contributed by atoms with E-state index in [4.69, 9.17) is 0 Å². The number of Topliss-reactive ketones (excluding diaryl/α,β-unsaturated/α-hetero) is 1. The van der Waals surface area contributed by atoms with Gasteiger partial charge < -0.3 is 4.90 Å². The summed E-state index contributed by atoms with van der Waals surface area (Å²) in [5.74, 6) is 0.982. The molecule has 0 bridgehead atoms. The van der Waals surface area contributed by atoms with Crippen LogP contribution in [0.1, 0.15) is 29.4 Å². The first-order valence-corrected chi connectivity index (χ1v) is 6.43. The van der Waals surface area contributed by atoms with Crippen LogP contribution in [0.3, 0.4) is 0 Å². The number of anilines is 2. The van der Waals surface area contributed by atoms with E-state index in [2.05, 4.69) is 4.98 Å². The van der Waals surface area contributed by atoms with Gasteiger partial charge in [0, 0.05) is 24.7 Å². The van der Waals surface area contributed by atoms with Gasteiger partial charge in [-0.3, -0.25) is 4.79 Å². The van der Waals surface area contributed by atoms with Gasteiger partial charge in [0.15, 0.2) is 5.78 Å². The Balaban J connectivity index is 2.32. The number of benzene rings is 1. The molecule has 0 fully saturated rings. The fourth-order valence-electron chi connectivity index (χ4n) is 2.00. The summed E-state index contributed by atoms with van der Waals surface area (Å²) in [7, 11) is 1.97. The van der Waals surface area contributed by atoms with Gasteiger partial charge in [-0.25, -0.2) is 4.98 Å². The Morgan fingerprint density at radius 3 is 2.42 bits per heavy atom. The number of carbonyl (C=O) groups is 1. The van der Waals surface area contributed by atoms with E-state index in [1.807, 2.05) is 68.3 Å². The number of para-hydroxylation sites is 1. The van der Waals surface area contributed by atoms with Crippen LogP contribution >= 0.6 is 0 Å². The highest BCUT2D eigenvalue weighted by atomic mass is 16.1. The van der Waals surface area contributed by atoms with Gasteiger partial charge in [0.2, 0.25) is 0 Å². The van der Waals surface area contributed by atoms with Gasteiger partial charge >= 0.3 is 0 Å². The molecule has 0 saturated heterocycles. The number of hydrogen-bond donors (Lipinski definition) is 0. The van der Waals surface area contributed by atoms with Crippen molar-refractivity contribution in [3.8, 4) is 0 Å². The summed E-state index contributed by atoms with van der Waals surface area (Å²) in [4.78, 5) is 18.3. The number of aryl methyl sites for hydroxylation is 1. The second-order valence-electron chi connectivity index (χ2n) is 4.47. The zero-order chi connectivity index (χ0) is 13.8. The third-order valence-electron chi connectivity index (χ3n) is 3.18. The first-order valence-electron chi connectivity index (χ1n) is 6.43. The largest absolute Gasteiger partial charge is 0.329 e. The highest BCUT2D eigenvalue weighted by Crippen LogP contribution is 2.22. The minimum atomic E-state index is 0.138. The molecule has 0 aliphatic rings. The molecular weight excluding hydrogens is 236 g/mol. The smallest absolute Gasteiger partial charge is 0.164 e. The third kappa shape index (κ3) is 2.81. The first kappa shape index (κ1) is 13.3. The van der Waals surface area contributed by atoms with Crippen molar-refractivity contribution in [1.82, 2.24) is 4.98 Å². The molecule has 0 aliphatic carbocycles. The van der Waals surface area contributed by atoms with Crippen LogP contribution in [-0.2, 0) is 0 Å². The molecule has 0 unspecified atom stereocenters. The minimum absolute atomic E-state index is 0.138. The standard InChI is InChI=1S/C16H18N2O/c1-4-15(19)14-10-11-16(17-12(14)2)18(3)13-8-6-5-7-9-13/h5-11H,4H2,1-3H3. The molecule has 0 radical (unpaired) electrons. The summed E-state index contributed by atoms with van der Waals surface area (Å²) in [5, 5.41) is 0. The van der Waals surface area contributed by atoms with Crippen LogP contribution in [0.5, 0.6) is 0 Å². The van der Waals surface area contributed by atoms with Gasteiger partial charge in [0.05, 0.1) is 5.69 Å². The van der Waals surface area contributed by atoms with Crippen molar-refractivity contribution in [3.63, 3.8) is 0 Å². The first-order chi connectivity index (χ1) is 9.13. The lowest BCUT2D eigenvalue weighted by molar-refractivity contribution is 0.0987. The Hall–Kier alpha value is -2.16. The maximum atomic E-state index is 11.7. The van der Waals surface area contributed by atoms with Crippen molar-refractivity contribution in [2.75, 3.05) is 11.9 Å². The zero-order valence-corrected chi connectivity index (χ0v) is 11.6. The number of carbonyl (C=O) groups excluding carboxylic acids is 1. The Bertz CT molecular complexity index is 579. The second-order valence-corrected chi connectivity index (χ2v) is 4.47. The molecule has 3 nitrogen and oxygen atoms in total.